The molecule has 16 heavy (non-hydrogen) atoms. The van der Waals surface area contributed by atoms with Crippen LogP contribution in [0.1, 0.15) is 12.6 Å². The fraction of sp³-hybridized carbons (Fsp3) is 0.556. The minimum atomic E-state index is -0.834. The molecule has 0 aliphatic rings. The number of anilines is 1. The van der Waals surface area contributed by atoms with Gasteiger partial charge in [0.2, 0.25) is 5.91 Å². The first-order valence-electron chi connectivity index (χ1n) is 4.93. The number of hydrogen-bond donors (Lipinski definition) is 2. The molecule has 1 atom stereocenters. The Hall–Kier alpha value is -0.950. The van der Waals surface area contributed by atoms with Gasteiger partial charge in [0.15, 0.2) is 5.13 Å². The molecule has 0 fully saturated rings. The molecule has 1 aromatic heterocycles. The molecule has 0 spiro atoms. The maximum Gasteiger partial charge on any atom is 0.226 e. The van der Waals surface area contributed by atoms with E-state index in [1.807, 2.05) is 6.92 Å². The molecule has 0 saturated heterocycles. The minimum Gasteiger partial charge on any atom is -0.375 e. The van der Waals surface area contributed by atoms with Crippen molar-refractivity contribution >= 4 is 33.2 Å². The molecule has 1 aromatic rings. The summed E-state index contributed by atoms with van der Waals surface area (Å²) in [7, 11) is -0.834. The molecule has 5 nitrogen and oxygen atoms in total. The van der Waals surface area contributed by atoms with Gasteiger partial charge in [-0.25, -0.2) is 4.98 Å². The number of rotatable bonds is 6. The number of nitrogens with one attached hydrogen (secondary N) is 1. The SMILES string of the molecule is CCS(=O)CCNC(=O)Cc1csc(N)n1. The number of aromatic nitrogens is 1. The molecule has 0 aromatic carbocycles. The third kappa shape index (κ3) is 4.71. The van der Waals surface area contributed by atoms with E-state index in [-0.39, 0.29) is 12.3 Å². The van der Waals surface area contributed by atoms with Crippen molar-refractivity contribution in [2.75, 3.05) is 23.8 Å². The zero-order chi connectivity index (χ0) is 12.0. The fourth-order valence-electron chi connectivity index (χ4n) is 1.08. The van der Waals surface area contributed by atoms with Crippen LogP contribution in [0.15, 0.2) is 5.38 Å². The first-order chi connectivity index (χ1) is 7.61. The van der Waals surface area contributed by atoms with Gasteiger partial charge >= 0.3 is 0 Å². The van der Waals surface area contributed by atoms with Crippen LogP contribution in [0.4, 0.5) is 5.13 Å². The molecule has 3 N–H and O–H groups in total. The molecule has 1 heterocycles. The van der Waals surface area contributed by atoms with E-state index in [0.717, 1.165) is 0 Å². The second kappa shape index (κ2) is 6.59. The van der Waals surface area contributed by atoms with Crippen LogP contribution in [-0.4, -0.2) is 33.2 Å². The van der Waals surface area contributed by atoms with E-state index >= 15 is 0 Å². The number of amides is 1. The molecule has 90 valence electrons. The summed E-state index contributed by atoms with van der Waals surface area (Å²) < 4.78 is 11.1. The predicted octanol–water partition coefficient (Wildman–Crippen LogP) is 0.153. The monoisotopic (exact) mass is 261 g/mol. The highest BCUT2D eigenvalue weighted by Crippen LogP contribution is 2.10. The van der Waals surface area contributed by atoms with E-state index < -0.39 is 10.8 Å². The maximum atomic E-state index is 11.4. The third-order valence-corrected chi connectivity index (χ3v) is 3.91. The minimum absolute atomic E-state index is 0.113. The highest BCUT2D eigenvalue weighted by atomic mass is 32.2. The Morgan fingerprint density at radius 3 is 3.00 bits per heavy atom. The molecule has 0 aliphatic carbocycles. The first kappa shape index (κ1) is 13.1. The van der Waals surface area contributed by atoms with E-state index in [1.54, 1.807) is 5.38 Å². The van der Waals surface area contributed by atoms with Gasteiger partial charge in [-0.3, -0.25) is 9.00 Å². The predicted molar refractivity (Wildman–Crippen MR) is 66.8 cm³/mol. The van der Waals surface area contributed by atoms with E-state index in [9.17, 15) is 9.00 Å². The second-order valence-corrected chi connectivity index (χ2v) is 5.89. The van der Waals surface area contributed by atoms with Crippen molar-refractivity contribution in [2.24, 2.45) is 0 Å². The maximum absolute atomic E-state index is 11.4. The molecule has 0 radical (unpaired) electrons. The number of nitrogens with zero attached hydrogens (tertiary/aromatic N) is 1. The molecule has 0 bridgehead atoms. The van der Waals surface area contributed by atoms with Gasteiger partial charge in [-0.1, -0.05) is 6.92 Å². The van der Waals surface area contributed by atoms with Crippen LogP contribution in [-0.2, 0) is 22.0 Å². The highest BCUT2D eigenvalue weighted by molar-refractivity contribution is 7.84. The molecule has 1 rings (SSSR count). The number of hydrogen-bond acceptors (Lipinski definition) is 5. The van der Waals surface area contributed by atoms with Gasteiger partial charge in [0.1, 0.15) is 0 Å². The molecule has 1 unspecified atom stereocenters. The number of carbonyl (C=O) groups is 1. The van der Waals surface area contributed by atoms with Gasteiger partial charge in [0.25, 0.3) is 0 Å². The second-order valence-electron chi connectivity index (χ2n) is 3.14. The van der Waals surface area contributed by atoms with Gasteiger partial charge in [0.05, 0.1) is 12.1 Å². The summed E-state index contributed by atoms with van der Waals surface area (Å²) in [5.41, 5.74) is 6.13. The van der Waals surface area contributed by atoms with Gasteiger partial charge in [0, 0.05) is 34.2 Å². The normalized spacial score (nSPS) is 12.3. The fourth-order valence-corrected chi connectivity index (χ4v) is 2.26. The Balaban J connectivity index is 2.23. The Labute approximate surface area is 101 Å². The van der Waals surface area contributed by atoms with E-state index in [0.29, 0.717) is 28.9 Å². The van der Waals surface area contributed by atoms with Gasteiger partial charge < -0.3 is 11.1 Å². The van der Waals surface area contributed by atoms with E-state index in [4.69, 9.17) is 5.73 Å². The summed E-state index contributed by atoms with van der Waals surface area (Å²) >= 11 is 1.32. The Morgan fingerprint density at radius 2 is 2.44 bits per heavy atom. The zero-order valence-corrected chi connectivity index (χ0v) is 10.7. The van der Waals surface area contributed by atoms with Crippen molar-refractivity contribution in [2.45, 2.75) is 13.3 Å². The van der Waals surface area contributed by atoms with E-state index in [1.165, 1.54) is 11.3 Å². The molecule has 1 amide bonds. The molecular formula is C9H15N3O2S2. The van der Waals surface area contributed by atoms with Crippen LogP contribution in [0.5, 0.6) is 0 Å². The first-order valence-corrected chi connectivity index (χ1v) is 7.30. The summed E-state index contributed by atoms with van der Waals surface area (Å²) in [6, 6.07) is 0. The summed E-state index contributed by atoms with van der Waals surface area (Å²) in [5.74, 6) is 1.01. The summed E-state index contributed by atoms with van der Waals surface area (Å²) in [5, 5.41) is 4.93. The van der Waals surface area contributed by atoms with Crippen molar-refractivity contribution in [1.29, 1.82) is 0 Å². The van der Waals surface area contributed by atoms with Crippen LogP contribution in [0.3, 0.4) is 0 Å². The summed E-state index contributed by atoms with van der Waals surface area (Å²) in [4.78, 5) is 15.4. The summed E-state index contributed by atoms with van der Waals surface area (Å²) in [6.45, 7) is 2.30. The third-order valence-electron chi connectivity index (χ3n) is 1.89. The van der Waals surface area contributed by atoms with Crippen LogP contribution in [0.25, 0.3) is 0 Å². The van der Waals surface area contributed by atoms with Crippen molar-refractivity contribution in [3.05, 3.63) is 11.1 Å². The van der Waals surface area contributed by atoms with Gasteiger partial charge in [-0.15, -0.1) is 11.3 Å². The smallest absolute Gasteiger partial charge is 0.226 e. The molecule has 0 aliphatic heterocycles. The lowest BCUT2D eigenvalue weighted by molar-refractivity contribution is -0.120. The van der Waals surface area contributed by atoms with Crippen molar-refractivity contribution in [1.82, 2.24) is 10.3 Å². The number of thiazole rings is 1. The van der Waals surface area contributed by atoms with Crippen LogP contribution in [0, 0.1) is 0 Å². The molecule has 0 saturated carbocycles. The largest absolute Gasteiger partial charge is 0.375 e. The standard InChI is InChI=1S/C9H15N3O2S2/c1-2-16(14)4-3-11-8(13)5-7-6-15-9(10)12-7/h6H,2-5H2,1H3,(H2,10,12)(H,11,13). The molecular weight excluding hydrogens is 246 g/mol. The average Bonchev–Trinajstić information content (AvgIpc) is 2.63. The Kier molecular flexibility index (Phi) is 5.41. The Bertz CT molecular complexity index is 379. The van der Waals surface area contributed by atoms with Crippen molar-refractivity contribution in [3.63, 3.8) is 0 Å². The number of nitrogen functional groups attached to an aromatic ring is 1. The Morgan fingerprint density at radius 1 is 1.69 bits per heavy atom. The summed E-state index contributed by atoms with van der Waals surface area (Å²) in [6.07, 6.45) is 0.229. The average molecular weight is 261 g/mol. The highest BCUT2D eigenvalue weighted by Gasteiger charge is 2.06. The lowest BCUT2D eigenvalue weighted by Gasteiger charge is -2.02. The zero-order valence-electron chi connectivity index (χ0n) is 9.06. The van der Waals surface area contributed by atoms with Crippen LogP contribution < -0.4 is 11.1 Å². The van der Waals surface area contributed by atoms with Crippen molar-refractivity contribution < 1.29 is 9.00 Å². The topological polar surface area (TPSA) is 85.1 Å². The number of nitrogens with two attached hydrogens (primary N) is 1. The van der Waals surface area contributed by atoms with Crippen molar-refractivity contribution in [3.8, 4) is 0 Å². The lowest BCUT2D eigenvalue weighted by atomic mass is 10.3. The van der Waals surface area contributed by atoms with Gasteiger partial charge in [-0.05, 0) is 0 Å². The quantitative estimate of drug-likeness (QED) is 0.763. The van der Waals surface area contributed by atoms with E-state index in [2.05, 4.69) is 10.3 Å². The lowest BCUT2D eigenvalue weighted by Crippen LogP contribution is -2.29. The van der Waals surface area contributed by atoms with Crippen LogP contribution >= 0.6 is 11.3 Å². The number of carbonyl (C=O) groups excluding carboxylic acids is 1. The van der Waals surface area contributed by atoms with Crippen LogP contribution in [0.2, 0.25) is 0 Å². The molecule has 7 heteroatoms. The van der Waals surface area contributed by atoms with Gasteiger partial charge in [-0.2, -0.15) is 0 Å².